The van der Waals surface area contributed by atoms with Gasteiger partial charge in [-0.25, -0.2) is 0 Å². The lowest BCUT2D eigenvalue weighted by Gasteiger charge is -2.30. The second kappa shape index (κ2) is 14.3. The number of rotatable bonds is 7. The lowest BCUT2D eigenvalue weighted by molar-refractivity contribution is 0.666. The first-order valence-electron chi connectivity index (χ1n) is 20.8. The molecule has 10 aromatic carbocycles. The predicted molar refractivity (Wildman–Crippen MR) is 257 cm³/mol. The Hall–Kier alpha value is -8.14. The molecule has 0 spiro atoms. The Morgan fingerprint density at radius 2 is 0.951 bits per heavy atom. The molecule has 0 unspecified atom stereocenters. The molecule has 3 nitrogen and oxygen atoms in total. The second-order valence-electron chi connectivity index (χ2n) is 15.6. The van der Waals surface area contributed by atoms with Crippen LogP contribution < -0.4 is 4.90 Å². The first-order chi connectivity index (χ1) is 30.3. The fraction of sp³-hybridized carbons (Fsp3) is 0. The van der Waals surface area contributed by atoms with Crippen LogP contribution in [-0.4, -0.2) is 4.57 Å². The van der Waals surface area contributed by atoms with Gasteiger partial charge in [-0.3, -0.25) is 0 Å². The highest BCUT2D eigenvalue weighted by atomic mass is 16.3. The van der Waals surface area contributed by atoms with Gasteiger partial charge in [0, 0.05) is 38.4 Å². The van der Waals surface area contributed by atoms with Crippen LogP contribution in [0.5, 0.6) is 0 Å². The van der Waals surface area contributed by atoms with E-state index in [0.29, 0.717) is 0 Å². The summed E-state index contributed by atoms with van der Waals surface area (Å²) in [4.78, 5) is 2.45. The summed E-state index contributed by atoms with van der Waals surface area (Å²) in [6.45, 7) is 0. The van der Waals surface area contributed by atoms with E-state index in [-0.39, 0.29) is 0 Å². The van der Waals surface area contributed by atoms with Crippen LogP contribution in [0.15, 0.2) is 235 Å². The minimum absolute atomic E-state index is 0.882. The van der Waals surface area contributed by atoms with Gasteiger partial charge in [-0.15, -0.1) is 0 Å². The van der Waals surface area contributed by atoms with Crippen LogP contribution in [0.25, 0.3) is 93.6 Å². The van der Waals surface area contributed by atoms with Crippen LogP contribution in [0.1, 0.15) is 0 Å². The van der Waals surface area contributed by atoms with Crippen LogP contribution in [0, 0.1) is 0 Å². The van der Waals surface area contributed by atoms with Crippen molar-refractivity contribution >= 4 is 71.6 Å². The number of fused-ring (bicyclic) bond motifs is 7. The summed E-state index contributed by atoms with van der Waals surface area (Å²) in [6, 6.07) is 83.0. The molecule has 2 heterocycles. The first kappa shape index (κ1) is 34.9. The lowest BCUT2D eigenvalue weighted by Crippen LogP contribution is -2.12. The number of benzene rings is 10. The van der Waals surface area contributed by atoms with E-state index in [9.17, 15) is 0 Å². The molecule has 0 aliphatic rings. The van der Waals surface area contributed by atoms with Crippen molar-refractivity contribution in [3.05, 3.63) is 231 Å². The van der Waals surface area contributed by atoms with Crippen LogP contribution >= 0.6 is 0 Å². The van der Waals surface area contributed by atoms with Crippen molar-refractivity contribution in [3.63, 3.8) is 0 Å². The van der Waals surface area contributed by atoms with Crippen molar-refractivity contribution < 1.29 is 4.42 Å². The van der Waals surface area contributed by atoms with Crippen molar-refractivity contribution in [3.8, 4) is 39.1 Å². The standard InChI is InChI=1S/C58H38N2O/c1-2-16-39(17-3-1)41-34-36-44(37-35-41)59(51-26-10-6-20-45(51)43-33-32-40-18-4-5-19-42(40)38-43)52-27-11-7-21-46(52)48-24-14-29-54-57(48)50-23-8-12-28-53(50)60(54)55-30-15-25-49-47-22-9-13-31-56(47)61-58(49)55/h1-38H. The molecule has 286 valence electrons. The van der Waals surface area contributed by atoms with Crippen LogP contribution in [-0.2, 0) is 0 Å². The van der Waals surface area contributed by atoms with Crippen molar-refractivity contribution in [2.24, 2.45) is 0 Å². The molecule has 12 aromatic rings. The average Bonchev–Trinajstić information content (AvgIpc) is 3.89. The van der Waals surface area contributed by atoms with E-state index >= 15 is 0 Å². The normalized spacial score (nSPS) is 11.6. The summed E-state index contributed by atoms with van der Waals surface area (Å²) < 4.78 is 9.03. The monoisotopic (exact) mass is 778 g/mol. The van der Waals surface area contributed by atoms with E-state index in [1.54, 1.807) is 0 Å². The summed E-state index contributed by atoms with van der Waals surface area (Å²) in [5, 5.41) is 7.06. The second-order valence-corrected chi connectivity index (χ2v) is 15.6. The lowest BCUT2D eigenvalue weighted by atomic mass is 9.95. The maximum atomic E-state index is 6.65. The summed E-state index contributed by atoms with van der Waals surface area (Å²) in [7, 11) is 0. The van der Waals surface area contributed by atoms with Gasteiger partial charge < -0.3 is 13.9 Å². The molecule has 0 fully saturated rings. The highest BCUT2D eigenvalue weighted by Gasteiger charge is 2.24. The molecular weight excluding hydrogens is 741 g/mol. The number of nitrogens with zero attached hydrogens (tertiary/aromatic N) is 2. The number of hydrogen-bond donors (Lipinski definition) is 0. The summed E-state index contributed by atoms with van der Waals surface area (Å²) in [5.41, 5.74) is 15.3. The maximum Gasteiger partial charge on any atom is 0.159 e. The molecule has 0 aliphatic heterocycles. The molecule has 0 saturated heterocycles. The number of hydrogen-bond acceptors (Lipinski definition) is 2. The van der Waals surface area contributed by atoms with Gasteiger partial charge in [0.2, 0.25) is 0 Å². The van der Waals surface area contributed by atoms with Crippen molar-refractivity contribution in [1.82, 2.24) is 4.57 Å². The van der Waals surface area contributed by atoms with E-state index in [2.05, 4.69) is 234 Å². The molecule has 0 saturated carbocycles. The quantitative estimate of drug-likeness (QED) is 0.161. The highest BCUT2D eigenvalue weighted by Crippen LogP contribution is 2.48. The Morgan fingerprint density at radius 1 is 0.361 bits per heavy atom. The van der Waals surface area contributed by atoms with E-state index in [0.717, 1.165) is 72.4 Å². The van der Waals surface area contributed by atoms with E-state index in [1.807, 2.05) is 6.07 Å². The summed E-state index contributed by atoms with van der Waals surface area (Å²) >= 11 is 0. The SMILES string of the molecule is c1ccc(-c2ccc(N(c3ccccc3-c3ccc4ccccc4c3)c3ccccc3-c3cccc4c3c3ccccc3n4-c3cccc4c3oc3ccccc34)cc2)cc1. The molecule has 0 bridgehead atoms. The van der Waals surface area contributed by atoms with Gasteiger partial charge >= 0.3 is 0 Å². The van der Waals surface area contributed by atoms with Crippen molar-refractivity contribution in [2.75, 3.05) is 4.90 Å². The topological polar surface area (TPSA) is 21.3 Å². The Morgan fingerprint density at radius 3 is 1.80 bits per heavy atom. The molecule has 2 aromatic heterocycles. The van der Waals surface area contributed by atoms with Crippen LogP contribution in [0.3, 0.4) is 0 Å². The Balaban J connectivity index is 1.10. The Kier molecular flexibility index (Phi) is 8.17. The molecule has 0 atom stereocenters. The molecule has 0 amide bonds. The van der Waals surface area contributed by atoms with Crippen LogP contribution in [0.2, 0.25) is 0 Å². The zero-order chi connectivity index (χ0) is 40.3. The number of aromatic nitrogens is 1. The molecule has 0 N–H and O–H groups in total. The molecule has 0 aliphatic carbocycles. The van der Waals surface area contributed by atoms with E-state index < -0.39 is 0 Å². The molecule has 12 rings (SSSR count). The largest absolute Gasteiger partial charge is 0.454 e. The third kappa shape index (κ3) is 5.74. The number of para-hydroxylation sites is 5. The third-order valence-corrected chi connectivity index (χ3v) is 12.2. The first-order valence-corrected chi connectivity index (χ1v) is 20.8. The molecule has 61 heavy (non-hydrogen) atoms. The zero-order valence-corrected chi connectivity index (χ0v) is 33.2. The zero-order valence-electron chi connectivity index (χ0n) is 33.2. The summed E-state index contributed by atoms with van der Waals surface area (Å²) in [5.74, 6) is 0. The molecule has 3 heteroatoms. The highest BCUT2D eigenvalue weighted by molar-refractivity contribution is 6.18. The molecular formula is C58H38N2O. The predicted octanol–water partition coefficient (Wildman–Crippen LogP) is 16.3. The van der Waals surface area contributed by atoms with Gasteiger partial charge in [-0.05, 0) is 87.6 Å². The fourth-order valence-electron chi connectivity index (χ4n) is 9.42. The van der Waals surface area contributed by atoms with Gasteiger partial charge in [0.15, 0.2) is 5.58 Å². The van der Waals surface area contributed by atoms with Gasteiger partial charge in [0.05, 0.1) is 28.1 Å². The van der Waals surface area contributed by atoms with Gasteiger partial charge in [0.1, 0.15) is 5.58 Å². The fourth-order valence-corrected chi connectivity index (χ4v) is 9.42. The number of furan rings is 1. The van der Waals surface area contributed by atoms with Crippen LogP contribution in [0.4, 0.5) is 17.1 Å². The Labute approximate surface area is 353 Å². The minimum Gasteiger partial charge on any atom is -0.454 e. The summed E-state index contributed by atoms with van der Waals surface area (Å²) in [6.07, 6.45) is 0. The Bertz CT molecular complexity index is 3600. The van der Waals surface area contributed by atoms with E-state index in [4.69, 9.17) is 4.42 Å². The van der Waals surface area contributed by atoms with Gasteiger partial charge in [-0.1, -0.05) is 176 Å². The van der Waals surface area contributed by atoms with E-state index in [1.165, 1.54) is 38.2 Å². The number of anilines is 3. The van der Waals surface area contributed by atoms with Gasteiger partial charge in [0.25, 0.3) is 0 Å². The average molecular weight is 779 g/mol. The molecule has 0 radical (unpaired) electrons. The maximum absolute atomic E-state index is 6.65. The van der Waals surface area contributed by atoms with Gasteiger partial charge in [-0.2, -0.15) is 0 Å². The minimum atomic E-state index is 0.882. The van der Waals surface area contributed by atoms with Crippen molar-refractivity contribution in [1.29, 1.82) is 0 Å². The smallest absolute Gasteiger partial charge is 0.159 e. The third-order valence-electron chi connectivity index (χ3n) is 12.2. The van der Waals surface area contributed by atoms with Crippen molar-refractivity contribution in [2.45, 2.75) is 0 Å².